The lowest BCUT2D eigenvalue weighted by Gasteiger charge is -2.23. The van der Waals surface area contributed by atoms with Crippen molar-refractivity contribution in [2.45, 2.75) is 25.9 Å². The van der Waals surface area contributed by atoms with Crippen molar-refractivity contribution in [3.63, 3.8) is 0 Å². The minimum Gasteiger partial charge on any atom is -0.378 e. The number of ether oxygens (including phenoxy) is 1. The molecular weight excluding hydrogens is 232 g/mol. The van der Waals surface area contributed by atoms with Gasteiger partial charge in [-0.1, -0.05) is 0 Å². The maximum absolute atomic E-state index is 11.7. The van der Waals surface area contributed by atoms with Crippen LogP contribution in [0.25, 0.3) is 0 Å². The van der Waals surface area contributed by atoms with E-state index < -0.39 is 0 Å². The van der Waals surface area contributed by atoms with E-state index in [-0.39, 0.29) is 11.9 Å². The van der Waals surface area contributed by atoms with Crippen LogP contribution in [0.1, 0.15) is 12.2 Å². The average Bonchev–Trinajstić information content (AvgIpc) is 2.76. The first-order valence-electron chi connectivity index (χ1n) is 6.31. The molecule has 2 N–H and O–H groups in total. The van der Waals surface area contributed by atoms with Gasteiger partial charge in [0.25, 0.3) is 0 Å². The Kier molecular flexibility index (Phi) is 4.72. The number of nitrogens with one attached hydrogen (secondary N) is 2. The van der Waals surface area contributed by atoms with E-state index >= 15 is 0 Å². The molecule has 1 amide bonds. The van der Waals surface area contributed by atoms with Crippen molar-refractivity contribution in [3.05, 3.63) is 18.2 Å². The summed E-state index contributed by atoms with van der Waals surface area (Å²) in [6.45, 7) is 5.51. The van der Waals surface area contributed by atoms with Gasteiger partial charge in [0, 0.05) is 44.5 Å². The molecular formula is C12H20N4O2. The van der Waals surface area contributed by atoms with Gasteiger partial charge in [-0.15, -0.1) is 0 Å². The van der Waals surface area contributed by atoms with Crippen molar-refractivity contribution in [1.29, 1.82) is 0 Å². The molecule has 1 aromatic heterocycles. The van der Waals surface area contributed by atoms with Gasteiger partial charge in [0.1, 0.15) is 5.82 Å². The lowest BCUT2D eigenvalue weighted by atomic mass is 10.2. The molecule has 1 aliphatic rings. The summed E-state index contributed by atoms with van der Waals surface area (Å²) in [5.41, 5.74) is 0. The van der Waals surface area contributed by atoms with Crippen LogP contribution in [0.3, 0.4) is 0 Å². The lowest BCUT2D eigenvalue weighted by molar-refractivity contribution is -0.122. The normalized spacial score (nSPS) is 19.7. The highest BCUT2D eigenvalue weighted by molar-refractivity contribution is 5.76. The van der Waals surface area contributed by atoms with Gasteiger partial charge in [0.2, 0.25) is 5.91 Å². The predicted octanol–water partition coefficient (Wildman–Crippen LogP) is -0.314. The van der Waals surface area contributed by atoms with Crippen molar-refractivity contribution >= 4 is 5.91 Å². The van der Waals surface area contributed by atoms with Crippen LogP contribution < -0.4 is 10.6 Å². The monoisotopic (exact) mass is 252 g/mol. The van der Waals surface area contributed by atoms with Crippen LogP contribution in [0.4, 0.5) is 0 Å². The topological polar surface area (TPSA) is 68.2 Å². The third-order valence-corrected chi connectivity index (χ3v) is 3.03. The summed E-state index contributed by atoms with van der Waals surface area (Å²) in [6, 6.07) is 0.147. The van der Waals surface area contributed by atoms with Crippen LogP contribution in [-0.4, -0.2) is 47.8 Å². The molecule has 0 aliphatic carbocycles. The fourth-order valence-electron chi connectivity index (χ4n) is 2.00. The zero-order valence-electron chi connectivity index (χ0n) is 10.7. The maximum atomic E-state index is 11.7. The van der Waals surface area contributed by atoms with Crippen molar-refractivity contribution in [2.75, 3.05) is 26.3 Å². The summed E-state index contributed by atoms with van der Waals surface area (Å²) in [5.74, 6) is 1.03. The van der Waals surface area contributed by atoms with Crippen molar-refractivity contribution in [2.24, 2.45) is 0 Å². The number of nitrogens with zero attached hydrogens (tertiary/aromatic N) is 2. The van der Waals surface area contributed by atoms with E-state index in [0.29, 0.717) is 19.6 Å². The Labute approximate surface area is 107 Å². The fourth-order valence-corrected chi connectivity index (χ4v) is 2.00. The van der Waals surface area contributed by atoms with Gasteiger partial charge in [-0.3, -0.25) is 4.79 Å². The largest absolute Gasteiger partial charge is 0.378 e. The second-order valence-corrected chi connectivity index (χ2v) is 4.45. The summed E-state index contributed by atoms with van der Waals surface area (Å²) < 4.78 is 7.32. The van der Waals surface area contributed by atoms with Crippen molar-refractivity contribution in [1.82, 2.24) is 20.2 Å². The third-order valence-electron chi connectivity index (χ3n) is 3.03. The van der Waals surface area contributed by atoms with Gasteiger partial charge in [-0.2, -0.15) is 0 Å². The van der Waals surface area contributed by atoms with Gasteiger partial charge in [0.05, 0.1) is 13.2 Å². The molecule has 6 heteroatoms. The number of rotatable bonds is 5. The van der Waals surface area contributed by atoms with E-state index in [4.69, 9.17) is 4.74 Å². The van der Waals surface area contributed by atoms with Gasteiger partial charge < -0.3 is 19.9 Å². The molecule has 100 valence electrons. The summed E-state index contributed by atoms with van der Waals surface area (Å²) >= 11 is 0. The van der Waals surface area contributed by atoms with Crippen LogP contribution in [-0.2, 0) is 16.1 Å². The second-order valence-electron chi connectivity index (χ2n) is 4.45. The number of aromatic nitrogens is 2. The number of imidazole rings is 1. The van der Waals surface area contributed by atoms with Crippen LogP contribution in [0.5, 0.6) is 0 Å². The fraction of sp³-hybridized carbons (Fsp3) is 0.667. The predicted molar refractivity (Wildman–Crippen MR) is 67.2 cm³/mol. The molecule has 1 saturated heterocycles. The molecule has 1 unspecified atom stereocenters. The molecule has 0 bridgehead atoms. The van der Waals surface area contributed by atoms with Crippen molar-refractivity contribution in [3.8, 4) is 0 Å². The first-order chi connectivity index (χ1) is 8.75. The smallest absolute Gasteiger partial charge is 0.221 e. The number of amides is 1. The maximum Gasteiger partial charge on any atom is 0.221 e. The van der Waals surface area contributed by atoms with E-state index in [1.54, 1.807) is 6.20 Å². The highest BCUT2D eigenvalue weighted by Gasteiger charge is 2.16. The minimum atomic E-state index is 0.0655. The molecule has 6 nitrogen and oxygen atoms in total. The van der Waals surface area contributed by atoms with Crippen LogP contribution in [0, 0.1) is 6.92 Å². The first kappa shape index (κ1) is 13.0. The Morgan fingerprint density at radius 1 is 1.72 bits per heavy atom. The molecule has 1 fully saturated rings. The van der Waals surface area contributed by atoms with Gasteiger partial charge in [0.15, 0.2) is 0 Å². The van der Waals surface area contributed by atoms with Gasteiger partial charge in [-0.05, 0) is 6.92 Å². The SMILES string of the molecule is Cc1nccn1CCNC(=O)CC1COCCN1. The molecule has 2 rings (SSSR count). The highest BCUT2D eigenvalue weighted by atomic mass is 16.5. The quantitative estimate of drug-likeness (QED) is 0.754. The first-order valence-corrected chi connectivity index (χ1v) is 6.31. The average molecular weight is 252 g/mol. The lowest BCUT2D eigenvalue weighted by Crippen LogP contribution is -2.44. The number of carbonyl (C=O) groups excluding carboxylic acids is 1. The van der Waals surface area contributed by atoms with Crippen molar-refractivity contribution < 1.29 is 9.53 Å². The molecule has 1 aliphatic heterocycles. The minimum absolute atomic E-state index is 0.0655. The summed E-state index contributed by atoms with van der Waals surface area (Å²) in [6.07, 6.45) is 4.15. The summed E-state index contributed by atoms with van der Waals surface area (Å²) in [7, 11) is 0. The second kappa shape index (κ2) is 6.51. The van der Waals surface area contributed by atoms with Crippen LogP contribution in [0.2, 0.25) is 0 Å². The molecule has 1 atom stereocenters. The van der Waals surface area contributed by atoms with Gasteiger partial charge >= 0.3 is 0 Å². The van der Waals surface area contributed by atoms with E-state index in [0.717, 1.165) is 25.5 Å². The Morgan fingerprint density at radius 3 is 3.28 bits per heavy atom. The van der Waals surface area contributed by atoms with Gasteiger partial charge in [-0.25, -0.2) is 4.98 Å². The van der Waals surface area contributed by atoms with E-state index in [9.17, 15) is 4.79 Å². The van der Waals surface area contributed by atoms with E-state index in [1.165, 1.54) is 0 Å². The zero-order valence-corrected chi connectivity index (χ0v) is 10.7. The van der Waals surface area contributed by atoms with Crippen LogP contribution in [0.15, 0.2) is 12.4 Å². The Bertz CT molecular complexity index is 385. The molecule has 0 radical (unpaired) electrons. The number of carbonyl (C=O) groups is 1. The Balaban J connectivity index is 1.64. The number of morpholine rings is 1. The molecule has 1 aromatic rings. The number of hydrogen-bond donors (Lipinski definition) is 2. The summed E-state index contributed by atoms with van der Waals surface area (Å²) in [4.78, 5) is 15.8. The highest BCUT2D eigenvalue weighted by Crippen LogP contribution is 1.98. The molecule has 0 spiro atoms. The van der Waals surface area contributed by atoms with Crippen LogP contribution >= 0.6 is 0 Å². The molecule has 18 heavy (non-hydrogen) atoms. The van der Waals surface area contributed by atoms with E-state index in [2.05, 4.69) is 15.6 Å². The Morgan fingerprint density at radius 2 is 2.61 bits per heavy atom. The summed E-state index contributed by atoms with van der Waals surface area (Å²) in [5, 5.41) is 6.17. The third kappa shape index (κ3) is 3.82. The zero-order chi connectivity index (χ0) is 12.8. The Hall–Kier alpha value is -1.40. The van der Waals surface area contributed by atoms with E-state index in [1.807, 2.05) is 17.7 Å². The molecule has 2 heterocycles. The number of hydrogen-bond acceptors (Lipinski definition) is 4. The standard InChI is InChI=1S/C12H20N4O2/c1-10-13-2-5-16(10)6-3-15-12(17)8-11-9-18-7-4-14-11/h2,5,11,14H,3-4,6-9H2,1H3,(H,15,17). The molecule has 0 aromatic carbocycles. The molecule has 0 saturated carbocycles. The number of aryl methyl sites for hydroxylation is 1.